The molecule has 0 aliphatic carbocycles. The molecule has 0 aromatic carbocycles. The van der Waals surface area contributed by atoms with E-state index in [0.717, 1.165) is 30.5 Å². The maximum atomic E-state index is 5.56. The highest BCUT2D eigenvalue weighted by atomic mass is 127. The van der Waals surface area contributed by atoms with Crippen molar-refractivity contribution in [3.05, 3.63) is 17.3 Å². The lowest BCUT2D eigenvalue weighted by molar-refractivity contribution is 0.389. The van der Waals surface area contributed by atoms with Crippen LogP contribution in [0.5, 0.6) is 0 Å². The van der Waals surface area contributed by atoms with E-state index >= 15 is 0 Å². The minimum atomic E-state index is 0. The number of guanidine groups is 1. The molecule has 0 fully saturated rings. The third kappa shape index (κ3) is 11.4. The van der Waals surface area contributed by atoms with Gasteiger partial charge in [0.1, 0.15) is 12.3 Å². The van der Waals surface area contributed by atoms with E-state index in [2.05, 4.69) is 46.5 Å². The summed E-state index contributed by atoms with van der Waals surface area (Å²) in [5, 5.41) is 6.64. The van der Waals surface area contributed by atoms with Gasteiger partial charge in [-0.25, -0.2) is 9.98 Å². The minimum absolute atomic E-state index is 0. The number of oxazole rings is 1. The summed E-state index contributed by atoms with van der Waals surface area (Å²) in [4.78, 5) is 11.1. The van der Waals surface area contributed by atoms with Crippen LogP contribution in [-0.4, -0.2) is 49.6 Å². The Bertz CT molecular complexity index is 468. The Kier molecular flexibility index (Phi) is 13.9. The van der Waals surface area contributed by atoms with Crippen molar-refractivity contribution in [2.75, 3.05) is 33.7 Å². The van der Waals surface area contributed by atoms with Gasteiger partial charge in [0.15, 0.2) is 5.96 Å². The molecule has 1 heterocycles. The van der Waals surface area contributed by atoms with E-state index in [9.17, 15) is 0 Å². The van der Waals surface area contributed by atoms with E-state index in [4.69, 9.17) is 4.42 Å². The van der Waals surface area contributed by atoms with Crippen molar-refractivity contribution in [2.45, 2.75) is 59.4 Å². The molecule has 1 rings (SSSR count). The van der Waals surface area contributed by atoms with Crippen LogP contribution in [-0.2, 0) is 6.54 Å². The highest BCUT2D eigenvalue weighted by Crippen LogP contribution is 2.09. The third-order valence-corrected chi connectivity index (χ3v) is 3.86. The molecule has 0 spiro atoms. The van der Waals surface area contributed by atoms with Gasteiger partial charge in [0.25, 0.3) is 0 Å². The number of nitrogens with zero attached hydrogens (tertiary/aromatic N) is 3. The molecular weight excluding hydrogens is 429 g/mol. The fraction of sp³-hybridized carbons (Fsp3) is 0.778. The van der Waals surface area contributed by atoms with E-state index < -0.39 is 0 Å². The SMILES string of the molecule is CCNC(=NCc1nc(C)c(C)o1)NCCCCCCCN(C)C.I. The molecule has 1 aromatic rings. The first-order valence-electron chi connectivity index (χ1n) is 9.12. The second-order valence-corrected chi connectivity index (χ2v) is 6.44. The number of rotatable bonds is 11. The van der Waals surface area contributed by atoms with Crippen LogP contribution in [0.3, 0.4) is 0 Å². The zero-order valence-electron chi connectivity index (χ0n) is 16.5. The Morgan fingerprint density at radius 1 is 1.08 bits per heavy atom. The van der Waals surface area contributed by atoms with Crippen molar-refractivity contribution in [1.82, 2.24) is 20.5 Å². The zero-order chi connectivity index (χ0) is 17.8. The zero-order valence-corrected chi connectivity index (χ0v) is 18.9. The van der Waals surface area contributed by atoms with Crippen molar-refractivity contribution in [1.29, 1.82) is 0 Å². The van der Waals surface area contributed by atoms with E-state index in [1.54, 1.807) is 0 Å². The van der Waals surface area contributed by atoms with Crippen molar-refractivity contribution in [3.63, 3.8) is 0 Å². The van der Waals surface area contributed by atoms with Gasteiger partial charge in [-0.3, -0.25) is 0 Å². The average Bonchev–Trinajstić information content (AvgIpc) is 2.85. The molecule has 2 N–H and O–H groups in total. The van der Waals surface area contributed by atoms with Crippen LogP contribution >= 0.6 is 24.0 Å². The molecule has 6 nitrogen and oxygen atoms in total. The smallest absolute Gasteiger partial charge is 0.216 e. The lowest BCUT2D eigenvalue weighted by Gasteiger charge is -2.11. The maximum Gasteiger partial charge on any atom is 0.216 e. The van der Waals surface area contributed by atoms with Crippen LogP contribution in [0, 0.1) is 13.8 Å². The molecule has 7 heteroatoms. The number of nitrogens with one attached hydrogen (secondary N) is 2. The van der Waals surface area contributed by atoms with Crippen LogP contribution in [0.25, 0.3) is 0 Å². The molecule has 0 radical (unpaired) electrons. The summed E-state index contributed by atoms with van der Waals surface area (Å²) >= 11 is 0. The van der Waals surface area contributed by atoms with Crippen LogP contribution in [0.2, 0.25) is 0 Å². The van der Waals surface area contributed by atoms with E-state index in [0.29, 0.717) is 12.4 Å². The molecule has 0 atom stereocenters. The predicted octanol–water partition coefficient (Wildman–Crippen LogP) is 3.48. The fourth-order valence-corrected chi connectivity index (χ4v) is 2.39. The number of halogens is 1. The van der Waals surface area contributed by atoms with Gasteiger partial charge in [-0.2, -0.15) is 0 Å². The van der Waals surface area contributed by atoms with Crippen molar-refractivity contribution in [2.24, 2.45) is 4.99 Å². The highest BCUT2D eigenvalue weighted by Gasteiger charge is 2.05. The summed E-state index contributed by atoms with van der Waals surface area (Å²) in [7, 11) is 4.26. The van der Waals surface area contributed by atoms with Gasteiger partial charge in [0, 0.05) is 13.1 Å². The van der Waals surface area contributed by atoms with Gasteiger partial charge >= 0.3 is 0 Å². The second-order valence-electron chi connectivity index (χ2n) is 6.44. The lowest BCUT2D eigenvalue weighted by Crippen LogP contribution is -2.37. The topological polar surface area (TPSA) is 65.7 Å². The second kappa shape index (κ2) is 14.4. The Hall–Kier alpha value is -0.830. The van der Waals surface area contributed by atoms with Gasteiger partial charge in [0.05, 0.1) is 5.69 Å². The van der Waals surface area contributed by atoms with Gasteiger partial charge in [0.2, 0.25) is 5.89 Å². The van der Waals surface area contributed by atoms with Crippen LogP contribution in [0.1, 0.15) is 56.4 Å². The molecule has 0 saturated carbocycles. The monoisotopic (exact) mass is 465 g/mol. The number of aromatic nitrogens is 1. The maximum absolute atomic E-state index is 5.56. The van der Waals surface area contributed by atoms with Crippen LogP contribution in [0.15, 0.2) is 9.41 Å². The van der Waals surface area contributed by atoms with Gasteiger partial charge < -0.3 is 20.0 Å². The first-order valence-corrected chi connectivity index (χ1v) is 9.12. The number of aliphatic imine (C=N–C) groups is 1. The first-order chi connectivity index (χ1) is 11.5. The summed E-state index contributed by atoms with van der Waals surface area (Å²) in [6.07, 6.45) is 6.34. The molecule has 0 aliphatic rings. The standard InChI is InChI=1S/C18H35N5O.HI/c1-6-19-18(21-14-17-22-15(2)16(3)24-17)20-12-10-8-7-9-11-13-23(4)5;/h6-14H2,1-5H3,(H2,19,20,21);1H. The summed E-state index contributed by atoms with van der Waals surface area (Å²) in [5.74, 6) is 2.37. The summed E-state index contributed by atoms with van der Waals surface area (Å²) in [5.41, 5.74) is 0.937. The molecule has 1 aromatic heterocycles. The largest absolute Gasteiger partial charge is 0.444 e. The van der Waals surface area contributed by atoms with Crippen LogP contribution < -0.4 is 10.6 Å². The van der Waals surface area contributed by atoms with E-state index in [1.165, 1.54) is 38.6 Å². The Morgan fingerprint density at radius 3 is 2.36 bits per heavy atom. The van der Waals surface area contributed by atoms with E-state index in [1.807, 2.05) is 13.8 Å². The first kappa shape index (κ1) is 24.2. The summed E-state index contributed by atoms with van der Waals surface area (Å²) < 4.78 is 5.56. The van der Waals surface area contributed by atoms with Crippen molar-refractivity contribution in [3.8, 4) is 0 Å². The van der Waals surface area contributed by atoms with Gasteiger partial charge in [-0.15, -0.1) is 24.0 Å². The highest BCUT2D eigenvalue weighted by molar-refractivity contribution is 14.0. The molecule has 0 unspecified atom stereocenters. The molecular formula is C18H36IN5O. The predicted molar refractivity (Wildman–Crippen MR) is 116 cm³/mol. The number of hydrogen-bond acceptors (Lipinski definition) is 4. The number of aryl methyl sites for hydroxylation is 2. The normalized spacial score (nSPS) is 11.5. The Labute approximate surface area is 170 Å². The molecule has 146 valence electrons. The number of unbranched alkanes of at least 4 members (excludes halogenated alkanes) is 4. The lowest BCUT2D eigenvalue weighted by atomic mass is 10.1. The minimum Gasteiger partial charge on any atom is -0.444 e. The summed E-state index contributed by atoms with van der Waals surface area (Å²) in [6.45, 7) is 9.40. The molecule has 0 bridgehead atoms. The Balaban J connectivity index is 0.00000576. The molecule has 0 saturated heterocycles. The van der Waals surface area contributed by atoms with Gasteiger partial charge in [-0.1, -0.05) is 19.3 Å². The number of hydrogen-bond donors (Lipinski definition) is 2. The van der Waals surface area contributed by atoms with Gasteiger partial charge in [-0.05, 0) is 54.3 Å². The van der Waals surface area contributed by atoms with Crippen molar-refractivity contribution < 1.29 is 4.42 Å². The quantitative estimate of drug-likeness (QED) is 0.227. The third-order valence-electron chi connectivity index (χ3n) is 3.86. The average molecular weight is 465 g/mol. The van der Waals surface area contributed by atoms with E-state index in [-0.39, 0.29) is 24.0 Å². The molecule has 0 aliphatic heterocycles. The Morgan fingerprint density at radius 2 is 1.76 bits per heavy atom. The molecule has 0 amide bonds. The van der Waals surface area contributed by atoms with Crippen molar-refractivity contribution >= 4 is 29.9 Å². The fourth-order valence-electron chi connectivity index (χ4n) is 2.39. The summed E-state index contributed by atoms with van der Waals surface area (Å²) in [6, 6.07) is 0. The molecule has 25 heavy (non-hydrogen) atoms. The van der Waals surface area contributed by atoms with Crippen LogP contribution in [0.4, 0.5) is 0 Å².